The van der Waals surface area contributed by atoms with Crippen LogP contribution < -0.4 is 31.3 Å². The van der Waals surface area contributed by atoms with Crippen molar-refractivity contribution in [3.63, 3.8) is 0 Å². The van der Waals surface area contributed by atoms with Gasteiger partial charge in [-0.15, -0.1) is 0 Å². The molecule has 0 radical (unpaired) electrons. The number of halogens is 4. The SMILES string of the molecule is O=C(CNCCOCCNCC(=O)CN1CCN(c2c(F)cc3c(=O)c(C(=O)O)cn(C4CC4)c3c2F)CC1)CN1CCN(c2c(F)cc3c(=O)c(C(=O)O)cn(C4CC4)c3c2F)CC1. The summed E-state index contributed by atoms with van der Waals surface area (Å²) in [6, 6.07) is 1.50. The van der Waals surface area contributed by atoms with Gasteiger partial charge < -0.3 is 44.5 Å². The second-order valence-electron chi connectivity index (χ2n) is 17.0. The zero-order chi connectivity index (χ0) is 46.1. The number of ketones is 2. The lowest BCUT2D eigenvalue weighted by atomic mass is 10.1. The summed E-state index contributed by atoms with van der Waals surface area (Å²) in [5.41, 5.74) is -3.72. The van der Waals surface area contributed by atoms with Crippen molar-refractivity contribution >= 4 is 56.7 Å². The van der Waals surface area contributed by atoms with Crippen LogP contribution in [0.25, 0.3) is 21.8 Å². The molecule has 4 heterocycles. The van der Waals surface area contributed by atoms with E-state index >= 15 is 17.6 Å². The molecule has 0 spiro atoms. The minimum absolute atomic E-state index is 0.0723. The first-order valence-electron chi connectivity index (χ1n) is 21.8. The highest BCUT2D eigenvalue weighted by Crippen LogP contribution is 2.41. The third-order valence-corrected chi connectivity index (χ3v) is 12.4. The van der Waals surface area contributed by atoms with Crippen molar-refractivity contribution in [3.05, 3.63) is 79.4 Å². The molecular weight excluding hydrogens is 861 g/mol. The predicted molar refractivity (Wildman–Crippen MR) is 231 cm³/mol. The molecule has 0 amide bonds. The lowest BCUT2D eigenvalue weighted by Crippen LogP contribution is -2.49. The van der Waals surface area contributed by atoms with Crippen molar-refractivity contribution in [1.29, 1.82) is 0 Å². The molecule has 17 nitrogen and oxygen atoms in total. The number of carboxylic acids is 2. The monoisotopic (exact) mass is 910 g/mol. The summed E-state index contributed by atoms with van der Waals surface area (Å²) in [7, 11) is 0. The molecule has 4 fully saturated rings. The summed E-state index contributed by atoms with van der Waals surface area (Å²) < 4.78 is 71.2. The molecule has 0 bridgehead atoms. The van der Waals surface area contributed by atoms with Gasteiger partial charge in [-0.3, -0.25) is 29.0 Å². The van der Waals surface area contributed by atoms with Crippen LogP contribution in [0.15, 0.2) is 34.1 Å². The van der Waals surface area contributed by atoms with E-state index < -0.39 is 57.2 Å². The van der Waals surface area contributed by atoms with Crippen molar-refractivity contribution < 1.29 is 51.7 Å². The van der Waals surface area contributed by atoms with Crippen LogP contribution in [0.4, 0.5) is 28.9 Å². The maximum absolute atomic E-state index is 16.0. The number of anilines is 2. The van der Waals surface area contributed by atoms with E-state index in [1.165, 1.54) is 9.13 Å². The number of hydrogen-bond donors (Lipinski definition) is 4. The molecule has 2 aromatic heterocycles. The van der Waals surface area contributed by atoms with Crippen LogP contribution in [-0.4, -0.2) is 157 Å². The maximum atomic E-state index is 16.0. The Morgan fingerprint density at radius 2 is 0.969 bits per heavy atom. The largest absolute Gasteiger partial charge is 0.477 e. The van der Waals surface area contributed by atoms with Crippen molar-refractivity contribution in [2.75, 3.05) is 115 Å². The van der Waals surface area contributed by atoms with Gasteiger partial charge in [-0.1, -0.05) is 0 Å². The van der Waals surface area contributed by atoms with Gasteiger partial charge in [-0.25, -0.2) is 27.2 Å². The Morgan fingerprint density at radius 3 is 1.31 bits per heavy atom. The minimum atomic E-state index is -1.46. The molecular formula is C44H50F4N8O9. The summed E-state index contributed by atoms with van der Waals surface area (Å²) in [6.07, 6.45) is 5.04. The number of fused-ring (bicyclic) bond motifs is 2. The number of aromatic carboxylic acids is 2. The highest BCUT2D eigenvalue weighted by atomic mass is 19.1. The molecule has 348 valence electrons. The Bertz CT molecular complexity index is 2470. The average Bonchev–Trinajstić information content (AvgIpc) is 4.20. The van der Waals surface area contributed by atoms with Crippen molar-refractivity contribution in [1.82, 2.24) is 29.6 Å². The molecule has 2 saturated carbocycles. The van der Waals surface area contributed by atoms with E-state index in [-0.39, 0.29) is 109 Å². The number of nitrogens with zero attached hydrogens (tertiary/aromatic N) is 6. The zero-order valence-electron chi connectivity index (χ0n) is 35.6. The van der Waals surface area contributed by atoms with Crippen LogP contribution >= 0.6 is 0 Å². The lowest BCUT2D eigenvalue weighted by molar-refractivity contribution is -0.120. The Morgan fingerprint density at radius 1 is 0.600 bits per heavy atom. The summed E-state index contributed by atoms with van der Waals surface area (Å²) in [6.45, 7) is 4.33. The standard InChI is InChI=1S/C44H50F4N8O9/c45-33-17-29-37(55(25-1-2-25)23-31(41(29)59)43(61)62)35(47)39(33)53-11-7-51(8-12-53)21-27(57)19-49-5-15-65-16-6-50-20-28(58)22-52-9-13-54(14-10-52)40-34(46)18-30-38(36(40)48)56(26-3-4-26)24-32(42(30)60)44(63)64/h17-18,23-26,49-50H,1-16,19-22H2,(H,61,62)(H,63,64). The van der Waals surface area contributed by atoms with Gasteiger partial charge in [0, 0.05) is 89.9 Å². The van der Waals surface area contributed by atoms with Crippen LogP contribution in [0.2, 0.25) is 0 Å². The minimum Gasteiger partial charge on any atom is -0.477 e. The smallest absolute Gasteiger partial charge is 0.341 e. The number of hydrogen-bond acceptors (Lipinski definition) is 13. The van der Waals surface area contributed by atoms with E-state index in [4.69, 9.17) is 4.74 Å². The van der Waals surface area contributed by atoms with E-state index in [1.807, 2.05) is 9.80 Å². The number of pyridine rings is 2. The molecule has 21 heteroatoms. The van der Waals surface area contributed by atoms with Crippen LogP contribution in [-0.2, 0) is 14.3 Å². The average molecular weight is 911 g/mol. The Kier molecular flexibility index (Phi) is 13.7. The van der Waals surface area contributed by atoms with Crippen LogP contribution in [0.3, 0.4) is 0 Å². The van der Waals surface area contributed by atoms with E-state index in [1.54, 1.807) is 9.80 Å². The highest BCUT2D eigenvalue weighted by molar-refractivity contribution is 5.95. The summed E-state index contributed by atoms with van der Waals surface area (Å²) in [5, 5.41) is 24.4. The van der Waals surface area contributed by atoms with Gasteiger partial charge in [0.05, 0.1) is 61.2 Å². The fraction of sp³-hybridized carbons (Fsp3) is 0.500. The van der Waals surface area contributed by atoms with E-state index in [2.05, 4.69) is 10.6 Å². The Labute approximate surface area is 369 Å². The molecule has 65 heavy (non-hydrogen) atoms. The van der Waals surface area contributed by atoms with Crippen LogP contribution in [0.1, 0.15) is 58.5 Å². The van der Waals surface area contributed by atoms with Gasteiger partial charge in [0.2, 0.25) is 10.9 Å². The molecule has 2 aliphatic carbocycles. The number of carbonyl (C=O) groups excluding carboxylic acids is 2. The summed E-state index contributed by atoms with van der Waals surface area (Å²) in [4.78, 5) is 81.2. The Hall–Kier alpha value is -5.74. The molecule has 0 atom stereocenters. The van der Waals surface area contributed by atoms with Crippen molar-refractivity contribution in [2.24, 2.45) is 0 Å². The topological polar surface area (TPSA) is 199 Å². The second kappa shape index (κ2) is 19.4. The molecule has 4 aromatic rings. The zero-order valence-corrected chi connectivity index (χ0v) is 35.6. The first kappa shape index (κ1) is 45.8. The normalized spacial score (nSPS) is 17.4. The number of carboxylic acid groups (broad SMARTS) is 2. The molecule has 4 aliphatic rings. The first-order chi connectivity index (χ1) is 31.2. The Balaban J connectivity index is 0.699. The molecule has 4 N–H and O–H groups in total. The third-order valence-electron chi connectivity index (χ3n) is 12.4. The number of carbonyl (C=O) groups is 4. The van der Waals surface area contributed by atoms with E-state index in [0.717, 1.165) is 24.5 Å². The van der Waals surface area contributed by atoms with Crippen LogP contribution in [0, 0.1) is 23.3 Å². The predicted octanol–water partition coefficient (Wildman–Crippen LogP) is 2.22. The summed E-state index contributed by atoms with van der Waals surface area (Å²) >= 11 is 0. The number of rotatable bonds is 20. The van der Waals surface area contributed by atoms with Gasteiger partial charge >= 0.3 is 11.9 Å². The number of piperazine rings is 2. The number of ether oxygens (including phenoxy) is 1. The molecule has 2 aromatic carbocycles. The van der Waals surface area contributed by atoms with Gasteiger partial charge in [0.25, 0.3) is 0 Å². The van der Waals surface area contributed by atoms with E-state index in [9.17, 15) is 39.0 Å². The molecule has 2 saturated heterocycles. The van der Waals surface area contributed by atoms with Crippen molar-refractivity contribution in [3.8, 4) is 0 Å². The summed E-state index contributed by atoms with van der Waals surface area (Å²) in [5.74, 6) is -6.79. The van der Waals surface area contributed by atoms with Gasteiger partial charge in [0.1, 0.15) is 34.1 Å². The number of benzene rings is 2. The molecule has 8 rings (SSSR count). The van der Waals surface area contributed by atoms with Gasteiger partial charge in [-0.2, -0.15) is 0 Å². The number of Topliss-reactive ketones (excluding diaryl/α,β-unsaturated/α-hetero) is 2. The quantitative estimate of drug-likeness (QED) is 0.0744. The number of aromatic nitrogens is 2. The fourth-order valence-electron chi connectivity index (χ4n) is 8.75. The first-order valence-corrected chi connectivity index (χ1v) is 21.8. The third kappa shape index (κ3) is 9.93. The van der Waals surface area contributed by atoms with Gasteiger partial charge in [0.15, 0.2) is 23.2 Å². The molecule has 0 unspecified atom stereocenters. The maximum Gasteiger partial charge on any atom is 0.341 e. The molecule has 2 aliphatic heterocycles. The lowest BCUT2D eigenvalue weighted by Gasteiger charge is -2.36. The highest BCUT2D eigenvalue weighted by Gasteiger charge is 2.34. The van der Waals surface area contributed by atoms with E-state index in [0.29, 0.717) is 78.2 Å². The number of nitrogens with one attached hydrogen (secondary N) is 2. The van der Waals surface area contributed by atoms with Crippen molar-refractivity contribution in [2.45, 2.75) is 37.8 Å². The van der Waals surface area contributed by atoms with Crippen LogP contribution in [0.5, 0.6) is 0 Å². The van der Waals surface area contributed by atoms with Gasteiger partial charge in [-0.05, 0) is 37.8 Å². The fourth-order valence-corrected chi connectivity index (χ4v) is 8.75. The second-order valence-corrected chi connectivity index (χ2v) is 17.0.